The molecule has 20 heavy (non-hydrogen) atoms. The summed E-state index contributed by atoms with van der Waals surface area (Å²) in [6, 6.07) is 3.52. The molecular weight excluding hydrogens is 276 g/mol. The normalized spacial score (nSPS) is 11.1. The predicted octanol–water partition coefficient (Wildman–Crippen LogP) is 3.81. The van der Waals surface area contributed by atoms with Gasteiger partial charge >= 0.3 is 0 Å². The first-order valence-corrected chi connectivity index (χ1v) is 5.67. The number of benzene rings is 2. The van der Waals surface area contributed by atoms with Gasteiger partial charge < -0.3 is 10.2 Å². The lowest BCUT2D eigenvalue weighted by molar-refractivity contribution is 0.393. The molecule has 2 rings (SSSR count). The van der Waals surface area contributed by atoms with Gasteiger partial charge in [-0.25, -0.2) is 17.6 Å². The van der Waals surface area contributed by atoms with Gasteiger partial charge in [-0.1, -0.05) is 6.92 Å². The van der Waals surface area contributed by atoms with Crippen LogP contribution in [0, 0.1) is 23.3 Å². The van der Waals surface area contributed by atoms with Crippen molar-refractivity contribution < 1.29 is 27.8 Å². The quantitative estimate of drug-likeness (QED) is 0.824. The minimum Gasteiger partial charge on any atom is -0.503 e. The van der Waals surface area contributed by atoms with Crippen LogP contribution in [0.1, 0.15) is 24.0 Å². The summed E-state index contributed by atoms with van der Waals surface area (Å²) in [5.41, 5.74) is 0.199. The van der Waals surface area contributed by atoms with Crippen LogP contribution in [-0.2, 0) is 0 Å². The summed E-state index contributed by atoms with van der Waals surface area (Å²) in [7, 11) is 0. The maximum Gasteiger partial charge on any atom is 0.187 e. The monoisotopic (exact) mass is 286 g/mol. The molecule has 2 N–H and O–H groups in total. The van der Waals surface area contributed by atoms with Gasteiger partial charge in [0.2, 0.25) is 0 Å². The van der Waals surface area contributed by atoms with Crippen LogP contribution in [0.3, 0.4) is 0 Å². The Kier molecular flexibility index (Phi) is 3.57. The summed E-state index contributed by atoms with van der Waals surface area (Å²) in [4.78, 5) is 0. The molecule has 0 heterocycles. The van der Waals surface area contributed by atoms with Gasteiger partial charge in [-0.3, -0.25) is 0 Å². The number of rotatable bonds is 2. The molecule has 2 aromatic rings. The molecule has 6 heteroatoms. The Labute approximate surface area is 111 Å². The molecule has 0 fully saturated rings. The number of aromatic hydroxyl groups is 2. The van der Waals surface area contributed by atoms with Crippen LogP contribution in [0.2, 0.25) is 0 Å². The maximum absolute atomic E-state index is 13.3. The van der Waals surface area contributed by atoms with Gasteiger partial charge in [0.1, 0.15) is 0 Å². The molecular formula is C14H10F4O2. The molecule has 0 saturated carbocycles. The van der Waals surface area contributed by atoms with Crippen LogP contribution >= 0.6 is 0 Å². The molecule has 0 aliphatic heterocycles. The van der Waals surface area contributed by atoms with E-state index >= 15 is 0 Å². The van der Waals surface area contributed by atoms with Gasteiger partial charge in [0.15, 0.2) is 34.8 Å². The van der Waals surface area contributed by atoms with Crippen molar-refractivity contribution >= 4 is 0 Å². The summed E-state index contributed by atoms with van der Waals surface area (Å²) in [6.45, 7) is 1.48. The van der Waals surface area contributed by atoms with Crippen molar-refractivity contribution in [1.82, 2.24) is 0 Å². The molecule has 0 aliphatic carbocycles. The van der Waals surface area contributed by atoms with E-state index in [1.165, 1.54) is 6.92 Å². The fourth-order valence-corrected chi connectivity index (χ4v) is 1.86. The second-order valence-electron chi connectivity index (χ2n) is 4.39. The zero-order valence-corrected chi connectivity index (χ0v) is 10.3. The molecule has 2 nitrogen and oxygen atoms in total. The van der Waals surface area contributed by atoms with Gasteiger partial charge in [-0.2, -0.15) is 0 Å². The van der Waals surface area contributed by atoms with E-state index in [0.29, 0.717) is 0 Å². The largest absolute Gasteiger partial charge is 0.503 e. The first-order valence-electron chi connectivity index (χ1n) is 5.67. The van der Waals surface area contributed by atoms with E-state index in [1.54, 1.807) is 0 Å². The average Bonchev–Trinajstić information content (AvgIpc) is 2.40. The van der Waals surface area contributed by atoms with Crippen molar-refractivity contribution in [2.75, 3.05) is 0 Å². The van der Waals surface area contributed by atoms with Crippen LogP contribution in [0.25, 0.3) is 0 Å². The lowest BCUT2D eigenvalue weighted by Gasteiger charge is -2.14. The van der Waals surface area contributed by atoms with Crippen molar-refractivity contribution in [3.63, 3.8) is 0 Å². The molecule has 0 aromatic heterocycles. The lowest BCUT2D eigenvalue weighted by atomic mass is 9.92. The third-order valence-corrected chi connectivity index (χ3v) is 3.08. The lowest BCUT2D eigenvalue weighted by Crippen LogP contribution is -2.00. The van der Waals surface area contributed by atoms with Crippen molar-refractivity contribution in [1.29, 1.82) is 0 Å². The average molecular weight is 286 g/mol. The van der Waals surface area contributed by atoms with Crippen LogP contribution < -0.4 is 0 Å². The topological polar surface area (TPSA) is 40.5 Å². The molecule has 0 saturated heterocycles. The Bertz CT molecular complexity index is 567. The maximum atomic E-state index is 13.3. The third kappa shape index (κ3) is 2.41. The van der Waals surface area contributed by atoms with Crippen molar-refractivity contribution in [3.8, 4) is 11.5 Å². The Morgan fingerprint density at radius 2 is 0.950 bits per heavy atom. The summed E-state index contributed by atoms with van der Waals surface area (Å²) >= 11 is 0. The molecule has 0 unspecified atom stereocenters. The van der Waals surface area contributed by atoms with E-state index in [1.807, 2.05) is 0 Å². The molecule has 0 bridgehead atoms. The van der Waals surface area contributed by atoms with Gasteiger partial charge in [0, 0.05) is 5.92 Å². The SMILES string of the molecule is CC(c1cc(F)c(O)c(F)c1)c1cc(F)c(O)c(F)c1. The molecule has 0 amide bonds. The molecule has 2 aromatic carbocycles. The van der Waals surface area contributed by atoms with E-state index in [0.717, 1.165) is 24.3 Å². The Morgan fingerprint density at radius 1 is 0.700 bits per heavy atom. The van der Waals surface area contributed by atoms with E-state index in [-0.39, 0.29) is 11.1 Å². The zero-order valence-electron chi connectivity index (χ0n) is 10.3. The highest BCUT2D eigenvalue weighted by molar-refractivity contribution is 5.39. The number of phenolic OH excluding ortho intramolecular Hbond substituents is 2. The molecule has 0 spiro atoms. The number of phenols is 2. The van der Waals surface area contributed by atoms with Crippen molar-refractivity contribution in [3.05, 3.63) is 58.7 Å². The summed E-state index contributed by atoms with van der Waals surface area (Å²) in [5.74, 6) is -7.59. The van der Waals surface area contributed by atoms with Crippen LogP contribution in [-0.4, -0.2) is 10.2 Å². The van der Waals surface area contributed by atoms with E-state index in [2.05, 4.69) is 0 Å². The Balaban J connectivity index is 2.49. The van der Waals surface area contributed by atoms with Gasteiger partial charge in [0.05, 0.1) is 0 Å². The fraction of sp³-hybridized carbons (Fsp3) is 0.143. The minimum atomic E-state index is -1.16. The van der Waals surface area contributed by atoms with Gasteiger partial charge in [-0.15, -0.1) is 0 Å². The third-order valence-electron chi connectivity index (χ3n) is 3.08. The van der Waals surface area contributed by atoms with Gasteiger partial charge in [0.25, 0.3) is 0 Å². The first kappa shape index (κ1) is 14.2. The first-order chi connectivity index (χ1) is 9.31. The highest BCUT2D eigenvalue weighted by atomic mass is 19.1. The van der Waals surface area contributed by atoms with E-state index < -0.39 is 40.7 Å². The molecule has 0 radical (unpaired) electrons. The highest BCUT2D eigenvalue weighted by Gasteiger charge is 2.18. The second kappa shape index (κ2) is 5.03. The summed E-state index contributed by atoms with van der Waals surface area (Å²) < 4.78 is 53.0. The van der Waals surface area contributed by atoms with E-state index in [9.17, 15) is 17.6 Å². The van der Waals surface area contributed by atoms with Crippen LogP contribution in [0.5, 0.6) is 11.5 Å². The Morgan fingerprint density at radius 3 is 1.20 bits per heavy atom. The van der Waals surface area contributed by atoms with E-state index in [4.69, 9.17) is 10.2 Å². The van der Waals surface area contributed by atoms with Crippen molar-refractivity contribution in [2.45, 2.75) is 12.8 Å². The second-order valence-corrected chi connectivity index (χ2v) is 4.39. The smallest absolute Gasteiger partial charge is 0.187 e. The standard InChI is InChI=1S/C14H10F4O2/c1-6(7-2-9(15)13(19)10(16)3-7)8-4-11(17)14(20)12(18)5-8/h2-6,19-20H,1H3. The number of hydrogen-bond donors (Lipinski definition) is 2. The summed E-state index contributed by atoms with van der Waals surface area (Å²) in [5, 5.41) is 18.0. The van der Waals surface area contributed by atoms with Crippen molar-refractivity contribution in [2.24, 2.45) is 0 Å². The Hall–Kier alpha value is -2.24. The molecule has 0 atom stereocenters. The fourth-order valence-electron chi connectivity index (χ4n) is 1.86. The minimum absolute atomic E-state index is 0.0993. The van der Waals surface area contributed by atoms with Crippen LogP contribution in [0.4, 0.5) is 17.6 Å². The van der Waals surface area contributed by atoms with Crippen LogP contribution in [0.15, 0.2) is 24.3 Å². The predicted molar refractivity (Wildman–Crippen MR) is 63.6 cm³/mol. The van der Waals surface area contributed by atoms with Gasteiger partial charge in [-0.05, 0) is 35.4 Å². The number of halogens is 4. The molecule has 106 valence electrons. The summed E-state index contributed by atoms with van der Waals surface area (Å²) in [6.07, 6.45) is 0. The zero-order chi connectivity index (χ0) is 15.0. The number of hydrogen-bond acceptors (Lipinski definition) is 2. The molecule has 0 aliphatic rings. The highest BCUT2D eigenvalue weighted by Crippen LogP contribution is 2.32.